The first-order chi connectivity index (χ1) is 9.81. The number of rotatable bonds is 2. The molecule has 3 heteroatoms. The third kappa shape index (κ3) is 3.41. The van der Waals surface area contributed by atoms with Crippen molar-refractivity contribution in [1.82, 2.24) is 5.32 Å². The first kappa shape index (κ1) is 13.7. The third-order valence-electron chi connectivity index (χ3n) is 4.24. The van der Waals surface area contributed by atoms with Crippen LogP contribution in [0, 0.1) is 5.92 Å². The third-order valence-corrected chi connectivity index (χ3v) is 4.24. The molecule has 0 radical (unpaired) electrons. The predicted octanol–water partition coefficient (Wildman–Crippen LogP) is 2.16. The van der Waals surface area contributed by atoms with Crippen LogP contribution < -0.4 is 5.32 Å². The lowest BCUT2D eigenvalue weighted by Crippen LogP contribution is -2.36. The van der Waals surface area contributed by atoms with Gasteiger partial charge < -0.3 is 10.1 Å². The fraction of sp³-hybridized carbons (Fsp3) is 0.412. The fourth-order valence-corrected chi connectivity index (χ4v) is 2.96. The van der Waals surface area contributed by atoms with E-state index in [4.69, 9.17) is 4.74 Å². The van der Waals surface area contributed by atoms with Crippen LogP contribution in [-0.4, -0.2) is 20.5 Å². The lowest BCUT2D eigenvalue weighted by Gasteiger charge is -2.26. The molecule has 20 heavy (non-hydrogen) atoms. The summed E-state index contributed by atoms with van der Waals surface area (Å²) in [7, 11) is 2.17. The van der Waals surface area contributed by atoms with Gasteiger partial charge in [-0.25, -0.2) is 0 Å². The molecule has 1 heterocycles. The zero-order chi connectivity index (χ0) is 13.8. The molecule has 1 aliphatic carbocycles. The molecule has 0 bridgehead atoms. The number of hydrogen-bond donors (Lipinski definition) is 1. The first-order valence-electron chi connectivity index (χ1n) is 7.54. The van der Waals surface area contributed by atoms with E-state index in [0.29, 0.717) is 12.0 Å². The standard InChI is InChI=1S/C17H22BNO/c18-16-7-5-13(6-8-16)9-17-12-20-11-15-4-2-1-3-14(15)10-19-17/h1-5,7-8,13,17,19H,6,9-12,18H2. The molecule has 0 spiro atoms. The van der Waals surface area contributed by atoms with Gasteiger partial charge in [0, 0.05) is 12.6 Å². The van der Waals surface area contributed by atoms with E-state index in [2.05, 4.69) is 55.7 Å². The Labute approximate surface area is 122 Å². The molecule has 104 valence electrons. The van der Waals surface area contributed by atoms with Gasteiger partial charge in [-0.2, -0.15) is 0 Å². The van der Waals surface area contributed by atoms with Gasteiger partial charge in [0.15, 0.2) is 0 Å². The maximum atomic E-state index is 5.87. The fourth-order valence-electron chi connectivity index (χ4n) is 2.96. The molecule has 2 aliphatic rings. The van der Waals surface area contributed by atoms with Crippen molar-refractivity contribution in [3.05, 3.63) is 59.1 Å². The van der Waals surface area contributed by atoms with Crippen LogP contribution in [0.25, 0.3) is 0 Å². The second kappa shape index (κ2) is 6.42. The minimum atomic E-state index is 0.449. The van der Waals surface area contributed by atoms with Crippen LogP contribution in [0.5, 0.6) is 0 Å². The predicted molar refractivity (Wildman–Crippen MR) is 85.2 cm³/mol. The molecule has 2 nitrogen and oxygen atoms in total. The summed E-state index contributed by atoms with van der Waals surface area (Å²) >= 11 is 0. The van der Waals surface area contributed by atoms with Gasteiger partial charge in [-0.05, 0) is 29.9 Å². The van der Waals surface area contributed by atoms with Gasteiger partial charge in [-0.3, -0.25) is 0 Å². The maximum absolute atomic E-state index is 5.87. The summed E-state index contributed by atoms with van der Waals surface area (Å²) in [4.78, 5) is 0. The second-order valence-corrected chi connectivity index (χ2v) is 5.90. The zero-order valence-electron chi connectivity index (χ0n) is 12.1. The van der Waals surface area contributed by atoms with Crippen molar-refractivity contribution < 1.29 is 4.74 Å². The Morgan fingerprint density at radius 3 is 2.90 bits per heavy atom. The number of fused-ring (bicyclic) bond motifs is 1. The lowest BCUT2D eigenvalue weighted by molar-refractivity contribution is 0.0872. The van der Waals surface area contributed by atoms with Crippen LogP contribution in [0.15, 0.2) is 48.0 Å². The summed E-state index contributed by atoms with van der Waals surface area (Å²) in [5, 5.41) is 3.66. The van der Waals surface area contributed by atoms with E-state index in [1.54, 1.807) is 0 Å². The van der Waals surface area contributed by atoms with E-state index in [9.17, 15) is 0 Å². The van der Waals surface area contributed by atoms with Crippen LogP contribution >= 0.6 is 0 Å². The summed E-state index contributed by atoms with van der Waals surface area (Å²) in [5.41, 5.74) is 4.07. The summed E-state index contributed by atoms with van der Waals surface area (Å²) in [6.07, 6.45) is 9.25. The Morgan fingerprint density at radius 2 is 2.10 bits per heavy atom. The molecule has 1 aromatic carbocycles. The van der Waals surface area contributed by atoms with E-state index in [0.717, 1.165) is 32.6 Å². The first-order valence-corrected chi connectivity index (χ1v) is 7.54. The van der Waals surface area contributed by atoms with E-state index in [1.165, 1.54) is 16.6 Å². The highest BCUT2D eigenvalue weighted by atomic mass is 16.5. The number of nitrogens with one attached hydrogen (secondary N) is 1. The monoisotopic (exact) mass is 267 g/mol. The average Bonchev–Trinajstić information content (AvgIpc) is 2.45. The van der Waals surface area contributed by atoms with E-state index < -0.39 is 0 Å². The van der Waals surface area contributed by atoms with Gasteiger partial charge in [-0.15, -0.1) is 0 Å². The van der Waals surface area contributed by atoms with Crippen molar-refractivity contribution in [2.45, 2.75) is 32.0 Å². The number of hydrogen-bond acceptors (Lipinski definition) is 2. The van der Waals surface area contributed by atoms with Crippen LogP contribution in [0.4, 0.5) is 0 Å². The van der Waals surface area contributed by atoms with Crippen molar-refractivity contribution in [3.8, 4) is 0 Å². The van der Waals surface area contributed by atoms with Gasteiger partial charge in [0.2, 0.25) is 0 Å². The van der Waals surface area contributed by atoms with E-state index in [-0.39, 0.29) is 0 Å². The van der Waals surface area contributed by atoms with Crippen molar-refractivity contribution in [2.75, 3.05) is 6.61 Å². The van der Waals surface area contributed by atoms with Crippen LogP contribution in [0.3, 0.4) is 0 Å². The minimum absolute atomic E-state index is 0.449. The zero-order valence-corrected chi connectivity index (χ0v) is 12.1. The topological polar surface area (TPSA) is 21.3 Å². The van der Waals surface area contributed by atoms with Gasteiger partial charge in [0.05, 0.1) is 13.2 Å². The summed E-state index contributed by atoms with van der Waals surface area (Å²) in [6.45, 7) is 2.50. The van der Waals surface area contributed by atoms with Crippen LogP contribution in [0.1, 0.15) is 24.0 Å². The number of ether oxygens (including phenoxy) is 1. The average molecular weight is 267 g/mol. The SMILES string of the molecule is BC1=CCC(CC2COCc3ccccc3CN2)C=C1. The van der Waals surface area contributed by atoms with Gasteiger partial charge in [0.1, 0.15) is 7.85 Å². The molecule has 2 unspecified atom stereocenters. The van der Waals surface area contributed by atoms with Crippen LogP contribution in [-0.2, 0) is 17.9 Å². The Kier molecular flexibility index (Phi) is 4.39. The van der Waals surface area contributed by atoms with Gasteiger partial charge >= 0.3 is 0 Å². The quantitative estimate of drug-likeness (QED) is 0.829. The molecule has 0 saturated carbocycles. The molecule has 2 atom stereocenters. The van der Waals surface area contributed by atoms with Gasteiger partial charge in [0.25, 0.3) is 0 Å². The summed E-state index contributed by atoms with van der Waals surface area (Å²) < 4.78 is 5.87. The molecule has 0 amide bonds. The van der Waals surface area contributed by atoms with E-state index >= 15 is 0 Å². The van der Waals surface area contributed by atoms with Crippen molar-refractivity contribution in [3.63, 3.8) is 0 Å². The molecule has 0 aromatic heterocycles. The van der Waals surface area contributed by atoms with E-state index in [1.807, 2.05) is 0 Å². The summed E-state index contributed by atoms with van der Waals surface area (Å²) in [6, 6.07) is 9.00. The summed E-state index contributed by atoms with van der Waals surface area (Å²) in [5.74, 6) is 0.648. The van der Waals surface area contributed by atoms with Crippen molar-refractivity contribution in [2.24, 2.45) is 5.92 Å². The molecule has 0 fully saturated rings. The Balaban J connectivity index is 1.59. The molecule has 1 aromatic rings. The highest BCUT2D eigenvalue weighted by Gasteiger charge is 2.18. The van der Waals surface area contributed by atoms with Crippen LogP contribution in [0.2, 0.25) is 0 Å². The molecular formula is C17H22BNO. The van der Waals surface area contributed by atoms with Crippen molar-refractivity contribution in [1.29, 1.82) is 0 Å². The lowest BCUT2D eigenvalue weighted by atomic mass is 9.84. The Bertz CT molecular complexity index is 523. The van der Waals surface area contributed by atoms with Crippen molar-refractivity contribution >= 4 is 7.85 Å². The minimum Gasteiger partial charge on any atom is -0.375 e. The highest BCUT2D eigenvalue weighted by Crippen LogP contribution is 2.21. The largest absolute Gasteiger partial charge is 0.375 e. The normalized spacial score (nSPS) is 26.3. The molecule has 3 rings (SSSR count). The molecular weight excluding hydrogens is 245 g/mol. The highest BCUT2D eigenvalue weighted by molar-refractivity contribution is 6.23. The Morgan fingerprint density at radius 1 is 1.25 bits per heavy atom. The molecule has 0 saturated heterocycles. The smallest absolute Gasteiger partial charge is 0.138 e. The van der Waals surface area contributed by atoms with Gasteiger partial charge in [-0.1, -0.05) is 48.0 Å². The molecule has 1 N–H and O–H groups in total. The maximum Gasteiger partial charge on any atom is 0.138 e. The second-order valence-electron chi connectivity index (χ2n) is 5.90. The number of allylic oxidation sites excluding steroid dienone is 4. The number of benzene rings is 1. The molecule has 1 aliphatic heterocycles. The Hall–Kier alpha value is -1.32.